The average Bonchev–Trinajstić information content (AvgIpc) is 3.79. The molecule has 0 aromatic carbocycles. The van der Waals surface area contributed by atoms with Crippen LogP contribution in [0.25, 0.3) is 0 Å². The number of nitrogens with zero attached hydrogens (tertiary/aromatic N) is 5. The Morgan fingerprint density at radius 1 is 0.720 bits per heavy atom. The molecule has 0 aliphatic heterocycles. The number of anilines is 4. The summed E-state index contributed by atoms with van der Waals surface area (Å²) in [7, 11) is 6.65. The Morgan fingerprint density at radius 3 is 1.40 bits per heavy atom. The first-order valence-corrected chi connectivity index (χ1v) is 15.5. The molecule has 50 heavy (non-hydrogen) atoms. The molecule has 266 valence electrons. The predicted octanol–water partition coefficient (Wildman–Crippen LogP) is 2.68. The third kappa shape index (κ3) is 9.52. The van der Waals surface area contributed by atoms with Crippen molar-refractivity contribution in [3.63, 3.8) is 0 Å². The molecule has 4 heterocycles. The van der Waals surface area contributed by atoms with Gasteiger partial charge in [0.15, 0.2) is 0 Å². The van der Waals surface area contributed by atoms with Gasteiger partial charge in [-0.1, -0.05) is 6.58 Å². The summed E-state index contributed by atoms with van der Waals surface area (Å²) in [6, 6.07) is 5.89. The summed E-state index contributed by atoms with van der Waals surface area (Å²) in [5.74, 6) is 3.00. The number of aryl methyl sites for hydroxylation is 4. The minimum absolute atomic E-state index is 0. The zero-order valence-corrected chi connectivity index (χ0v) is 30.2. The lowest BCUT2D eigenvalue weighted by atomic mass is 10.3. The molecule has 5 amide bonds. The predicted molar refractivity (Wildman–Crippen MR) is 197 cm³/mol. The molecule has 1 unspecified atom stereocenters. The Kier molecular flexibility index (Phi) is 13.0. The van der Waals surface area contributed by atoms with E-state index in [1.165, 1.54) is 24.5 Å². The van der Waals surface area contributed by atoms with Gasteiger partial charge < -0.3 is 50.3 Å². The van der Waals surface area contributed by atoms with Gasteiger partial charge in [0.2, 0.25) is 0 Å². The average molecular weight is 774 g/mol. The summed E-state index contributed by atoms with van der Waals surface area (Å²) < 4.78 is 6.39. The zero-order valence-electron chi connectivity index (χ0n) is 27.8. The highest BCUT2D eigenvalue weighted by atomic mass is 79.9. The molecule has 4 aromatic rings. The van der Waals surface area contributed by atoms with E-state index in [0.717, 1.165) is 0 Å². The maximum absolute atomic E-state index is 13.2. The number of aromatic nitrogens is 4. The number of hydrazine groups is 1. The van der Waals surface area contributed by atoms with Gasteiger partial charge in [-0.2, -0.15) is 0 Å². The molecule has 0 spiro atoms. The Morgan fingerprint density at radius 2 is 1.06 bits per heavy atom. The first kappa shape index (κ1) is 38.9. The lowest BCUT2D eigenvalue weighted by Gasteiger charge is -2.08. The molecule has 17 nitrogen and oxygen atoms in total. The molecule has 8 N–H and O–H groups in total. The largest absolute Gasteiger partial charge is 0.349 e. The van der Waals surface area contributed by atoms with Gasteiger partial charge in [-0.25, -0.2) is 5.84 Å². The van der Waals surface area contributed by atoms with E-state index in [1.54, 1.807) is 77.3 Å². The summed E-state index contributed by atoms with van der Waals surface area (Å²) in [5.41, 5.74) is 4.96. The van der Waals surface area contributed by atoms with Gasteiger partial charge in [0, 0.05) is 59.5 Å². The lowest BCUT2D eigenvalue weighted by molar-refractivity contribution is -0.112. The van der Waals surface area contributed by atoms with Crippen LogP contribution in [0.4, 0.5) is 22.7 Å². The van der Waals surface area contributed by atoms with Gasteiger partial charge in [0.1, 0.15) is 22.8 Å². The Balaban J connectivity index is 0.00000676. The molecule has 0 bridgehead atoms. The van der Waals surface area contributed by atoms with Crippen LogP contribution in [0.3, 0.4) is 0 Å². The van der Waals surface area contributed by atoms with Crippen molar-refractivity contribution in [1.29, 1.82) is 0 Å². The van der Waals surface area contributed by atoms with Crippen molar-refractivity contribution in [3.05, 3.63) is 82.9 Å². The van der Waals surface area contributed by atoms with Crippen LogP contribution in [-0.4, -0.2) is 66.7 Å². The number of nitrogens with one attached hydrogen (secondary N) is 6. The molecule has 0 aliphatic carbocycles. The SMILES string of the molecule is C=C(Br)C(=O)Nc1cc(C(=O)Nc2cc(C(=O)Nc3cc(C(=O)Nc4cc(C(=O)NCC(C)N=CNN)n(C)c4)n(C)c3)n(C)c2)n(C)c1.Cl. The minimum atomic E-state index is -0.475. The number of carbonyl (C=O) groups excluding carboxylic acids is 5. The van der Waals surface area contributed by atoms with Crippen LogP contribution in [0, 0.1) is 0 Å². The topological polar surface area (TPSA) is 216 Å². The molecule has 0 saturated carbocycles. The standard InChI is InChI=1S/C31H37BrN12O5.ClH/c1-17(35-16-36-33)11-34-28(46)23-7-20(13-41(23)3)38-30(48)25-9-22(15-43(25)5)40-31(49)26-10-21(14-44(26)6)39-29(47)24-8-19(12-42(24)4)37-27(45)18(2)32;/h7-10,12-17H,2,11,33H2,1,3-6H3,(H,34,46)(H,35,36)(H,37,45)(H,38,48)(H,39,47)(H,40,49);1H. The smallest absolute Gasteiger partial charge is 0.272 e. The Hall–Kier alpha value is -5.59. The van der Waals surface area contributed by atoms with E-state index in [4.69, 9.17) is 5.84 Å². The molecule has 0 radical (unpaired) electrons. The Bertz CT molecular complexity index is 1970. The first-order chi connectivity index (χ1) is 23.2. The summed E-state index contributed by atoms with van der Waals surface area (Å²) in [4.78, 5) is 68.0. The second-order valence-corrected chi connectivity index (χ2v) is 12.1. The van der Waals surface area contributed by atoms with Gasteiger partial charge in [-0.05, 0) is 47.1 Å². The summed E-state index contributed by atoms with van der Waals surface area (Å²) >= 11 is 3.01. The molecule has 19 heteroatoms. The van der Waals surface area contributed by atoms with E-state index >= 15 is 0 Å². The van der Waals surface area contributed by atoms with Crippen LogP contribution in [0.1, 0.15) is 48.9 Å². The zero-order chi connectivity index (χ0) is 36.0. The van der Waals surface area contributed by atoms with Crippen molar-refractivity contribution in [2.45, 2.75) is 13.0 Å². The fourth-order valence-electron chi connectivity index (χ4n) is 4.77. The number of halogens is 2. The van der Waals surface area contributed by atoms with Gasteiger partial charge >= 0.3 is 0 Å². The highest BCUT2D eigenvalue weighted by Gasteiger charge is 2.20. The lowest BCUT2D eigenvalue weighted by Crippen LogP contribution is -2.32. The third-order valence-electron chi connectivity index (χ3n) is 7.19. The summed E-state index contributed by atoms with van der Waals surface area (Å²) in [5, 5.41) is 13.7. The Labute approximate surface area is 301 Å². The fourth-order valence-corrected chi connectivity index (χ4v) is 4.87. The fraction of sp³-hybridized carbons (Fsp3) is 0.226. The third-order valence-corrected chi connectivity index (χ3v) is 7.55. The van der Waals surface area contributed by atoms with E-state index in [1.807, 2.05) is 6.92 Å². The van der Waals surface area contributed by atoms with Crippen LogP contribution in [0.15, 0.2) is 65.1 Å². The number of nitrogens with two attached hydrogens (primary N) is 1. The maximum atomic E-state index is 13.2. The van der Waals surface area contributed by atoms with E-state index in [2.05, 4.69) is 59.5 Å². The van der Waals surface area contributed by atoms with Gasteiger partial charge in [-0.3, -0.25) is 29.0 Å². The van der Waals surface area contributed by atoms with Crippen LogP contribution < -0.4 is 37.9 Å². The highest BCUT2D eigenvalue weighted by molar-refractivity contribution is 9.12. The normalized spacial score (nSPS) is 11.3. The second kappa shape index (κ2) is 16.7. The highest BCUT2D eigenvalue weighted by Crippen LogP contribution is 2.21. The van der Waals surface area contributed by atoms with E-state index < -0.39 is 23.6 Å². The van der Waals surface area contributed by atoms with Gasteiger partial charge in [0.25, 0.3) is 29.5 Å². The number of amides is 5. The summed E-state index contributed by atoms with van der Waals surface area (Å²) in [6.45, 7) is 5.62. The minimum Gasteiger partial charge on any atom is -0.349 e. The monoisotopic (exact) mass is 772 g/mol. The van der Waals surface area contributed by atoms with Crippen molar-refractivity contribution >= 4 is 87.0 Å². The molecule has 4 aromatic heterocycles. The molecule has 0 saturated heterocycles. The number of hydrogen-bond donors (Lipinski definition) is 7. The number of hydrogen-bond acceptors (Lipinski definition) is 7. The number of aliphatic imine (C=N–C) groups is 1. The van der Waals surface area contributed by atoms with Crippen molar-refractivity contribution in [3.8, 4) is 0 Å². The number of carbonyl (C=O) groups is 5. The van der Waals surface area contributed by atoms with E-state index in [9.17, 15) is 24.0 Å². The first-order valence-electron chi connectivity index (χ1n) is 14.7. The van der Waals surface area contributed by atoms with E-state index in [0.29, 0.717) is 28.4 Å². The summed E-state index contributed by atoms with van der Waals surface area (Å²) in [6.07, 6.45) is 7.70. The van der Waals surface area contributed by atoms with Crippen LogP contribution >= 0.6 is 28.3 Å². The van der Waals surface area contributed by atoms with Crippen LogP contribution in [0.5, 0.6) is 0 Å². The second-order valence-electron chi connectivity index (χ2n) is 11.1. The number of rotatable bonds is 13. The van der Waals surface area contributed by atoms with Crippen LogP contribution in [-0.2, 0) is 33.0 Å². The van der Waals surface area contributed by atoms with E-state index in [-0.39, 0.29) is 52.5 Å². The van der Waals surface area contributed by atoms with Crippen LogP contribution in [0.2, 0.25) is 0 Å². The molecular formula is C31H38BrClN12O5. The molecule has 0 aliphatic rings. The molecule has 1 atom stereocenters. The molecular weight excluding hydrogens is 736 g/mol. The quantitative estimate of drug-likeness (QED) is 0.0354. The van der Waals surface area contributed by atoms with Crippen molar-refractivity contribution < 1.29 is 24.0 Å². The van der Waals surface area contributed by atoms with Crippen molar-refractivity contribution in [2.75, 3.05) is 27.8 Å². The van der Waals surface area contributed by atoms with Crippen molar-refractivity contribution in [1.82, 2.24) is 29.0 Å². The van der Waals surface area contributed by atoms with Gasteiger partial charge in [-0.15, -0.1) is 12.4 Å². The maximum Gasteiger partial charge on any atom is 0.272 e. The van der Waals surface area contributed by atoms with Crippen molar-refractivity contribution in [2.24, 2.45) is 39.0 Å². The molecule has 4 rings (SSSR count). The van der Waals surface area contributed by atoms with Gasteiger partial charge in [0.05, 0.1) is 39.6 Å². The molecule has 0 fully saturated rings.